The van der Waals surface area contributed by atoms with Crippen molar-refractivity contribution in [1.29, 1.82) is 0 Å². The van der Waals surface area contributed by atoms with Gasteiger partial charge in [-0.3, -0.25) is 9.59 Å². The summed E-state index contributed by atoms with van der Waals surface area (Å²) in [6, 6.07) is -0.910. The first-order valence-corrected chi connectivity index (χ1v) is 5.90. The summed E-state index contributed by atoms with van der Waals surface area (Å²) >= 11 is 0. The Kier molecular flexibility index (Phi) is 2.72. The van der Waals surface area contributed by atoms with Crippen LogP contribution in [-0.2, 0) is 14.4 Å². The van der Waals surface area contributed by atoms with E-state index >= 15 is 0 Å². The van der Waals surface area contributed by atoms with Gasteiger partial charge in [0.25, 0.3) is 0 Å². The molecule has 1 aliphatic heterocycles. The highest BCUT2D eigenvalue weighted by Crippen LogP contribution is 2.64. The Hall–Kier alpha value is -1.39. The van der Waals surface area contributed by atoms with Gasteiger partial charge >= 0.3 is 0 Å². The number of piperidine rings is 1. The van der Waals surface area contributed by atoms with Gasteiger partial charge < -0.3 is 15.0 Å². The Bertz CT molecular complexity index is 367. The molecule has 4 atom stereocenters. The predicted molar refractivity (Wildman–Crippen MR) is 61.0 cm³/mol. The Balaban J connectivity index is 2.09. The van der Waals surface area contributed by atoms with Gasteiger partial charge in [0.1, 0.15) is 12.3 Å². The van der Waals surface area contributed by atoms with E-state index in [-0.39, 0.29) is 17.2 Å². The van der Waals surface area contributed by atoms with Gasteiger partial charge in [-0.15, -0.1) is 0 Å². The Morgan fingerprint density at radius 1 is 1.47 bits per heavy atom. The van der Waals surface area contributed by atoms with Crippen LogP contribution in [0.25, 0.3) is 0 Å². The maximum atomic E-state index is 12.0. The molecule has 2 amide bonds. The highest BCUT2D eigenvalue weighted by molar-refractivity contribution is 5.87. The van der Waals surface area contributed by atoms with E-state index in [4.69, 9.17) is 0 Å². The van der Waals surface area contributed by atoms with Gasteiger partial charge in [-0.05, 0) is 24.2 Å². The zero-order valence-electron chi connectivity index (χ0n) is 10.3. The van der Waals surface area contributed by atoms with Crippen LogP contribution in [0, 0.1) is 17.3 Å². The predicted octanol–water partition coefficient (Wildman–Crippen LogP) is -0.197. The lowest BCUT2D eigenvalue weighted by Crippen LogP contribution is -2.49. The molecule has 0 aromatic carbocycles. The molecule has 1 saturated heterocycles. The number of carbonyl (C=O) groups is 3. The average molecular weight is 238 g/mol. The molecular formula is C12H18N2O3. The molecule has 5 heteroatoms. The normalized spacial score (nSPS) is 34.8. The van der Waals surface area contributed by atoms with Crippen LogP contribution in [0.15, 0.2) is 0 Å². The van der Waals surface area contributed by atoms with Gasteiger partial charge in [-0.25, -0.2) is 0 Å². The number of rotatable bonds is 4. The number of fused-ring (bicyclic) bond motifs is 1. The van der Waals surface area contributed by atoms with E-state index in [1.807, 2.05) is 0 Å². The van der Waals surface area contributed by atoms with Gasteiger partial charge in [0.15, 0.2) is 0 Å². The molecule has 17 heavy (non-hydrogen) atoms. The second-order valence-electron chi connectivity index (χ2n) is 5.63. The van der Waals surface area contributed by atoms with Crippen molar-refractivity contribution in [2.45, 2.75) is 32.9 Å². The molecular weight excluding hydrogens is 220 g/mol. The number of hydrogen-bond acceptors (Lipinski definition) is 3. The molecule has 0 spiro atoms. The molecule has 1 aliphatic carbocycles. The summed E-state index contributed by atoms with van der Waals surface area (Å²) in [6.07, 6.45) is 1.42. The summed E-state index contributed by atoms with van der Waals surface area (Å²) in [5.74, 6) is 0.427. The van der Waals surface area contributed by atoms with Crippen molar-refractivity contribution in [1.82, 2.24) is 10.2 Å². The van der Waals surface area contributed by atoms with Crippen molar-refractivity contribution in [3.63, 3.8) is 0 Å². The first-order chi connectivity index (χ1) is 7.93. The zero-order valence-corrected chi connectivity index (χ0v) is 10.3. The van der Waals surface area contributed by atoms with E-state index in [1.54, 1.807) is 11.8 Å². The highest BCUT2D eigenvalue weighted by Gasteiger charge is 2.68. The number of nitrogens with zero attached hydrogens (tertiary/aromatic N) is 1. The maximum absolute atomic E-state index is 12.0. The summed E-state index contributed by atoms with van der Waals surface area (Å²) in [7, 11) is 0. The zero-order chi connectivity index (χ0) is 12.8. The summed E-state index contributed by atoms with van der Waals surface area (Å²) in [4.78, 5) is 35.0. The van der Waals surface area contributed by atoms with Gasteiger partial charge in [0, 0.05) is 6.54 Å². The van der Waals surface area contributed by atoms with Crippen LogP contribution in [0.3, 0.4) is 0 Å². The molecule has 0 aromatic heterocycles. The minimum Gasteiger partial charge on any atom is -0.345 e. The van der Waals surface area contributed by atoms with Crippen LogP contribution in [0.5, 0.6) is 0 Å². The second kappa shape index (κ2) is 3.82. The van der Waals surface area contributed by atoms with Crippen molar-refractivity contribution >= 4 is 18.6 Å². The van der Waals surface area contributed by atoms with Gasteiger partial charge in [0.2, 0.25) is 12.3 Å². The minimum absolute atomic E-state index is 0.131. The lowest BCUT2D eigenvalue weighted by Gasteiger charge is -2.27. The van der Waals surface area contributed by atoms with Crippen molar-refractivity contribution in [3.05, 3.63) is 0 Å². The van der Waals surface area contributed by atoms with Crippen LogP contribution in [0.2, 0.25) is 0 Å². The number of aldehydes is 1. The highest BCUT2D eigenvalue weighted by atomic mass is 16.2. The first-order valence-electron chi connectivity index (χ1n) is 5.90. The Morgan fingerprint density at radius 3 is 2.65 bits per heavy atom. The smallest absolute Gasteiger partial charge is 0.243 e. The summed E-state index contributed by atoms with van der Waals surface area (Å²) in [6.45, 7) is 6.51. The lowest BCUT2D eigenvalue weighted by molar-refractivity contribution is -0.134. The maximum Gasteiger partial charge on any atom is 0.243 e. The van der Waals surface area contributed by atoms with E-state index in [0.29, 0.717) is 18.7 Å². The molecule has 0 aromatic rings. The molecule has 2 fully saturated rings. The quantitative estimate of drug-likeness (QED) is 0.690. The van der Waals surface area contributed by atoms with Crippen LogP contribution >= 0.6 is 0 Å². The van der Waals surface area contributed by atoms with Crippen molar-refractivity contribution in [3.8, 4) is 0 Å². The largest absolute Gasteiger partial charge is 0.345 e. The molecule has 5 nitrogen and oxygen atoms in total. The number of amides is 2. The summed E-state index contributed by atoms with van der Waals surface area (Å²) < 4.78 is 0. The van der Waals surface area contributed by atoms with Gasteiger partial charge in [-0.2, -0.15) is 0 Å². The fourth-order valence-corrected chi connectivity index (χ4v) is 3.08. The van der Waals surface area contributed by atoms with Crippen LogP contribution < -0.4 is 5.32 Å². The fourth-order valence-electron chi connectivity index (χ4n) is 3.08. The number of nitrogens with one attached hydrogen (secondary N) is 1. The van der Waals surface area contributed by atoms with Crippen LogP contribution in [-0.4, -0.2) is 42.1 Å². The number of carbonyl (C=O) groups excluding carboxylic acids is 3. The molecule has 0 bridgehead atoms. The molecule has 2 rings (SSSR count). The molecule has 1 saturated carbocycles. The van der Waals surface area contributed by atoms with E-state index in [2.05, 4.69) is 19.2 Å². The molecule has 1 heterocycles. The third kappa shape index (κ3) is 1.73. The van der Waals surface area contributed by atoms with Crippen LogP contribution in [0.1, 0.15) is 20.8 Å². The third-order valence-corrected chi connectivity index (χ3v) is 4.22. The third-order valence-electron chi connectivity index (χ3n) is 4.22. The topological polar surface area (TPSA) is 66.5 Å². The van der Waals surface area contributed by atoms with Crippen LogP contribution in [0.4, 0.5) is 0 Å². The monoisotopic (exact) mass is 238 g/mol. The average Bonchev–Trinajstić information content (AvgIpc) is 2.67. The van der Waals surface area contributed by atoms with Gasteiger partial charge in [-0.1, -0.05) is 13.8 Å². The minimum atomic E-state index is -0.503. The first kappa shape index (κ1) is 12.1. The molecule has 0 radical (unpaired) electrons. The molecule has 94 valence electrons. The Morgan fingerprint density at radius 2 is 2.12 bits per heavy atom. The number of hydrogen-bond donors (Lipinski definition) is 1. The second-order valence-corrected chi connectivity index (χ2v) is 5.63. The summed E-state index contributed by atoms with van der Waals surface area (Å²) in [5, 5.41) is 2.62. The van der Waals surface area contributed by atoms with E-state index in [9.17, 15) is 14.4 Å². The van der Waals surface area contributed by atoms with Crippen molar-refractivity contribution in [2.24, 2.45) is 17.3 Å². The SMILES string of the molecule is CC(C=O)NC(=O)[C@@H]1C2[C@H](CN1C=O)C2(C)C. The lowest BCUT2D eigenvalue weighted by atomic mass is 10.0. The van der Waals surface area contributed by atoms with Crippen molar-refractivity contribution in [2.75, 3.05) is 6.54 Å². The molecule has 1 N–H and O–H groups in total. The standard InChI is InChI=1S/C12H18N2O3/c1-7(5-15)13-11(17)10-9-8(12(9,2)3)4-14(10)6-16/h5-10H,4H2,1-3H3,(H,13,17)/t7?,8-,9?,10-/m0/s1. The fraction of sp³-hybridized carbons (Fsp3) is 0.750. The molecule has 2 aliphatic rings. The number of likely N-dealkylation sites (tertiary alicyclic amines) is 1. The van der Waals surface area contributed by atoms with E-state index < -0.39 is 12.1 Å². The van der Waals surface area contributed by atoms with Crippen molar-refractivity contribution < 1.29 is 14.4 Å². The molecule has 2 unspecified atom stereocenters. The Labute approximate surface area is 101 Å². The van der Waals surface area contributed by atoms with E-state index in [0.717, 1.165) is 6.41 Å². The van der Waals surface area contributed by atoms with Gasteiger partial charge in [0.05, 0.1) is 6.04 Å². The summed E-state index contributed by atoms with van der Waals surface area (Å²) in [5.41, 5.74) is 0.131. The van der Waals surface area contributed by atoms with E-state index in [1.165, 1.54) is 0 Å².